The molecule has 3 N–H and O–H groups in total. The van der Waals surface area contributed by atoms with Crippen molar-refractivity contribution in [3.05, 3.63) is 23.8 Å². The number of hydrogen-bond donors (Lipinski definition) is 2. The molecule has 1 aromatic rings. The normalized spacial score (nSPS) is 25.9. The van der Waals surface area contributed by atoms with Gasteiger partial charge < -0.3 is 20.6 Å². The molecule has 108 valence electrons. The van der Waals surface area contributed by atoms with Gasteiger partial charge in [0.25, 0.3) is 0 Å². The molecule has 1 aromatic carbocycles. The SMILES string of the molecule is COc1ccc(/C(N)=N/O)c(N2CC3CCCC3C2)c1. The van der Waals surface area contributed by atoms with Crippen molar-refractivity contribution in [1.29, 1.82) is 0 Å². The Labute approximate surface area is 119 Å². The third kappa shape index (κ3) is 2.17. The van der Waals surface area contributed by atoms with Crippen LogP contribution in [0.2, 0.25) is 0 Å². The Morgan fingerprint density at radius 1 is 1.35 bits per heavy atom. The number of hydrogen-bond acceptors (Lipinski definition) is 4. The number of fused-ring (bicyclic) bond motifs is 1. The third-order valence-corrected chi connectivity index (χ3v) is 4.66. The van der Waals surface area contributed by atoms with Gasteiger partial charge in [0.2, 0.25) is 0 Å². The first-order chi connectivity index (χ1) is 9.72. The fourth-order valence-electron chi connectivity index (χ4n) is 3.60. The van der Waals surface area contributed by atoms with E-state index >= 15 is 0 Å². The summed E-state index contributed by atoms with van der Waals surface area (Å²) in [6, 6.07) is 5.68. The van der Waals surface area contributed by atoms with Crippen molar-refractivity contribution in [2.75, 3.05) is 25.1 Å². The zero-order valence-corrected chi connectivity index (χ0v) is 11.7. The summed E-state index contributed by atoms with van der Waals surface area (Å²) in [4.78, 5) is 2.35. The van der Waals surface area contributed by atoms with E-state index in [0.29, 0.717) is 0 Å². The van der Waals surface area contributed by atoms with Crippen LogP contribution in [0.1, 0.15) is 24.8 Å². The van der Waals surface area contributed by atoms with Crippen molar-refractivity contribution in [2.24, 2.45) is 22.7 Å². The molecule has 0 aromatic heterocycles. The van der Waals surface area contributed by atoms with Crippen molar-refractivity contribution in [3.8, 4) is 5.75 Å². The van der Waals surface area contributed by atoms with Crippen LogP contribution >= 0.6 is 0 Å². The second-order valence-corrected chi connectivity index (χ2v) is 5.72. The summed E-state index contributed by atoms with van der Waals surface area (Å²) >= 11 is 0. The lowest BCUT2D eigenvalue weighted by molar-refractivity contribution is 0.318. The molecule has 0 amide bonds. The predicted molar refractivity (Wildman–Crippen MR) is 78.5 cm³/mol. The summed E-state index contributed by atoms with van der Waals surface area (Å²) in [5.74, 6) is 2.54. The van der Waals surface area contributed by atoms with Crippen LogP contribution in [-0.2, 0) is 0 Å². The molecule has 1 saturated carbocycles. The summed E-state index contributed by atoms with van der Waals surface area (Å²) in [6.07, 6.45) is 4.00. The largest absolute Gasteiger partial charge is 0.497 e. The van der Waals surface area contributed by atoms with Crippen molar-refractivity contribution >= 4 is 11.5 Å². The monoisotopic (exact) mass is 275 g/mol. The predicted octanol–water partition coefficient (Wildman–Crippen LogP) is 2.03. The van der Waals surface area contributed by atoms with Gasteiger partial charge in [-0.3, -0.25) is 0 Å². The number of amidine groups is 1. The maximum atomic E-state index is 8.96. The summed E-state index contributed by atoms with van der Waals surface area (Å²) in [6.45, 7) is 2.12. The highest BCUT2D eigenvalue weighted by molar-refractivity contribution is 6.02. The van der Waals surface area contributed by atoms with E-state index in [0.717, 1.165) is 41.9 Å². The van der Waals surface area contributed by atoms with Gasteiger partial charge in [-0.05, 0) is 36.8 Å². The molecule has 5 heteroatoms. The number of ether oxygens (including phenoxy) is 1. The Kier molecular flexibility index (Phi) is 3.42. The van der Waals surface area contributed by atoms with Gasteiger partial charge in [-0.25, -0.2) is 0 Å². The minimum atomic E-state index is 0.153. The number of oxime groups is 1. The van der Waals surface area contributed by atoms with Gasteiger partial charge >= 0.3 is 0 Å². The number of anilines is 1. The van der Waals surface area contributed by atoms with Gasteiger partial charge in [0.1, 0.15) is 5.75 Å². The zero-order valence-electron chi connectivity index (χ0n) is 11.7. The Morgan fingerprint density at radius 2 is 2.05 bits per heavy atom. The molecule has 5 nitrogen and oxygen atoms in total. The van der Waals surface area contributed by atoms with Gasteiger partial charge in [-0.1, -0.05) is 11.6 Å². The Bertz CT molecular complexity index is 518. The van der Waals surface area contributed by atoms with Crippen LogP contribution in [0.3, 0.4) is 0 Å². The van der Waals surface area contributed by atoms with E-state index in [1.807, 2.05) is 18.2 Å². The van der Waals surface area contributed by atoms with Crippen LogP contribution in [0.4, 0.5) is 5.69 Å². The molecule has 1 saturated heterocycles. The number of benzene rings is 1. The molecule has 1 heterocycles. The molecule has 0 bridgehead atoms. The minimum Gasteiger partial charge on any atom is -0.497 e. The van der Waals surface area contributed by atoms with Crippen LogP contribution in [0.15, 0.2) is 23.4 Å². The molecular weight excluding hydrogens is 254 g/mol. The van der Waals surface area contributed by atoms with Crippen molar-refractivity contribution < 1.29 is 9.94 Å². The lowest BCUT2D eigenvalue weighted by Gasteiger charge is -2.23. The second kappa shape index (κ2) is 5.23. The average Bonchev–Trinajstić information content (AvgIpc) is 3.07. The molecule has 2 atom stereocenters. The Hall–Kier alpha value is -1.91. The first-order valence-electron chi connectivity index (χ1n) is 7.14. The van der Waals surface area contributed by atoms with E-state index in [1.165, 1.54) is 19.3 Å². The van der Waals surface area contributed by atoms with E-state index in [1.54, 1.807) is 7.11 Å². The summed E-state index contributed by atoms with van der Waals surface area (Å²) in [5, 5.41) is 12.1. The zero-order chi connectivity index (χ0) is 14.1. The van der Waals surface area contributed by atoms with E-state index in [2.05, 4.69) is 10.1 Å². The van der Waals surface area contributed by atoms with Crippen LogP contribution in [0, 0.1) is 11.8 Å². The summed E-state index contributed by atoms with van der Waals surface area (Å²) in [5.41, 5.74) is 7.58. The molecule has 2 unspecified atom stereocenters. The highest BCUT2D eigenvalue weighted by Crippen LogP contribution is 2.41. The molecule has 0 spiro atoms. The number of methoxy groups -OCH3 is 1. The molecule has 2 fully saturated rings. The van der Waals surface area contributed by atoms with E-state index in [4.69, 9.17) is 15.7 Å². The minimum absolute atomic E-state index is 0.153. The number of nitrogens with zero attached hydrogens (tertiary/aromatic N) is 2. The van der Waals surface area contributed by atoms with Crippen molar-refractivity contribution in [2.45, 2.75) is 19.3 Å². The van der Waals surface area contributed by atoms with Gasteiger partial charge in [-0.2, -0.15) is 0 Å². The van der Waals surface area contributed by atoms with E-state index < -0.39 is 0 Å². The van der Waals surface area contributed by atoms with Crippen LogP contribution in [0.25, 0.3) is 0 Å². The van der Waals surface area contributed by atoms with Crippen molar-refractivity contribution in [3.63, 3.8) is 0 Å². The fourth-order valence-corrected chi connectivity index (χ4v) is 3.60. The molecule has 0 radical (unpaired) electrons. The smallest absolute Gasteiger partial charge is 0.172 e. The lowest BCUT2D eigenvalue weighted by atomic mass is 10.0. The van der Waals surface area contributed by atoms with E-state index in [9.17, 15) is 0 Å². The average molecular weight is 275 g/mol. The van der Waals surface area contributed by atoms with Gasteiger partial charge in [0.15, 0.2) is 5.84 Å². The highest BCUT2D eigenvalue weighted by Gasteiger charge is 2.37. The van der Waals surface area contributed by atoms with Crippen LogP contribution in [0.5, 0.6) is 5.75 Å². The third-order valence-electron chi connectivity index (χ3n) is 4.66. The molecule has 1 aliphatic carbocycles. The Balaban J connectivity index is 1.94. The first kappa shape index (κ1) is 13.1. The molecule has 1 aliphatic heterocycles. The van der Waals surface area contributed by atoms with E-state index in [-0.39, 0.29) is 5.84 Å². The van der Waals surface area contributed by atoms with Crippen LogP contribution in [-0.4, -0.2) is 31.2 Å². The molecule has 3 rings (SSSR count). The lowest BCUT2D eigenvalue weighted by Crippen LogP contribution is -2.25. The topological polar surface area (TPSA) is 71.1 Å². The van der Waals surface area contributed by atoms with Crippen molar-refractivity contribution in [1.82, 2.24) is 0 Å². The highest BCUT2D eigenvalue weighted by atomic mass is 16.5. The molecule has 2 aliphatic rings. The number of rotatable bonds is 3. The number of nitrogens with two attached hydrogens (primary N) is 1. The molecular formula is C15H21N3O2. The summed E-state index contributed by atoms with van der Waals surface area (Å²) < 4.78 is 5.31. The quantitative estimate of drug-likeness (QED) is 0.383. The Morgan fingerprint density at radius 3 is 2.65 bits per heavy atom. The summed E-state index contributed by atoms with van der Waals surface area (Å²) in [7, 11) is 1.65. The second-order valence-electron chi connectivity index (χ2n) is 5.72. The van der Waals surface area contributed by atoms with Crippen LogP contribution < -0.4 is 15.4 Å². The van der Waals surface area contributed by atoms with Gasteiger partial charge in [0.05, 0.1) is 12.8 Å². The van der Waals surface area contributed by atoms with Gasteiger partial charge in [-0.15, -0.1) is 0 Å². The maximum Gasteiger partial charge on any atom is 0.172 e. The molecule has 20 heavy (non-hydrogen) atoms. The fraction of sp³-hybridized carbons (Fsp3) is 0.533. The van der Waals surface area contributed by atoms with Gasteiger partial charge in [0, 0.05) is 24.7 Å². The first-order valence-corrected chi connectivity index (χ1v) is 7.14. The standard InChI is InChI=1S/C15H21N3O2/c1-20-12-5-6-13(15(16)17-19)14(7-12)18-8-10-3-2-4-11(10)9-18/h5-7,10-11,19H,2-4,8-9H2,1H3,(H2,16,17). The maximum absolute atomic E-state index is 8.96.